The third kappa shape index (κ3) is 3.61. The molecule has 1 heterocycles. The van der Waals surface area contributed by atoms with Gasteiger partial charge in [0, 0.05) is 35.9 Å². The molecule has 6 nitrogen and oxygen atoms in total. The van der Waals surface area contributed by atoms with E-state index in [0.29, 0.717) is 12.2 Å². The summed E-state index contributed by atoms with van der Waals surface area (Å²) in [5.41, 5.74) is 2.60. The Kier molecular flexibility index (Phi) is 4.39. The summed E-state index contributed by atoms with van der Waals surface area (Å²) in [6.45, 7) is 4.27. The maximum Gasteiger partial charge on any atom is 0.411 e. The fourth-order valence-corrected chi connectivity index (χ4v) is 1.65. The Labute approximate surface area is 117 Å². The molecule has 2 N–H and O–H groups in total. The van der Waals surface area contributed by atoms with Gasteiger partial charge >= 0.3 is 6.09 Å². The van der Waals surface area contributed by atoms with E-state index in [1.54, 1.807) is 23.1 Å². The number of aromatic nitrogens is 2. The van der Waals surface area contributed by atoms with E-state index in [0.717, 1.165) is 11.3 Å². The molecule has 0 aliphatic heterocycles. The van der Waals surface area contributed by atoms with Crippen LogP contribution in [0.1, 0.15) is 5.56 Å². The van der Waals surface area contributed by atoms with Crippen LogP contribution in [0.2, 0.25) is 0 Å². The van der Waals surface area contributed by atoms with Crippen molar-refractivity contribution in [3.63, 3.8) is 0 Å². The Bertz CT molecular complexity index is 607. The molecule has 1 aromatic heterocycles. The van der Waals surface area contributed by atoms with Crippen LogP contribution in [0.5, 0.6) is 0 Å². The maximum atomic E-state index is 11.1. The second-order valence-corrected chi connectivity index (χ2v) is 4.06. The van der Waals surface area contributed by atoms with Crippen LogP contribution in [-0.2, 0) is 11.3 Å². The zero-order valence-corrected chi connectivity index (χ0v) is 11.2. The Morgan fingerprint density at radius 3 is 3.00 bits per heavy atom. The Morgan fingerprint density at radius 2 is 2.30 bits per heavy atom. The van der Waals surface area contributed by atoms with Crippen molar-refractivity contribution in [2.45, 2.75) is 6.54 Å². The lowest BCUT2D eigenvalue weighted by Crippen LogP contribution is -2.11. The first-order chi connectivity index (χ1) is 9.71. The smallest absolute Gasteiger partial charge is 0.411 e. The molecule has 0 aliphatic rings. The lowest BCUT2D eigenvalue weighted by Gasteiger charge is -2.08. The van der Waals surface area contributed by atoms with Crippen LogP contribution in [0.3, 0.4) is 0 Å². The van der Waals surface area contributed by atoms with Crippen molar-refractivity contribution in [1.82, 2.24) is 9.78 Å². The number of carbonyl (C=O) groups excluding carboxylic acids is 1. The average molecular weight is 272 g/mol. The van der Waals surface area contributed by atoms with E-state index in [9.17, 15) is 4.79 Å². The zero-order valence-electron chi connectivity index (χ0n) is 11.2. The SMILES string of the molecule is C=Cn1cc(CNc2cccc(NC(=O)OC)c2)cn1. The lowest BCUT2D eigenvalue weighted by molar-refractivity contribution is 0.187. The van der Waals surface area contributed by atoms with Crippen molar-refractivity contribution < 1.29 is 9.53 Å². The summed E-state index contributed by atoms with van der Waals surface area (Å²) in [6, 6.07) is 7.38. The molecule has 0 saturated heterocycles. The summed E-state index contributed by atoms with van der Waals surface area (Å²) < 4.78 is 6.19. The third-order valence-corrected chi connectivity index (χ3v) is 2.63. The number of ether oxygens (including phenoxy) is 1. The van der Waals surface area contributed by atoms with E-state index in [1.807, 2.05) is 24.4 Å². The first-order valence-electron chi connectivity index (χ1n) is 6.06. The molecule has 6 heteroatoms. The summed E-state index contributed by atoms with van der Waals surface area (Å²) in [5.74, 6) is 0. The molecule has 0 bridgehead atoms. The monoisotopic (exact) mass is 272 g/mol. The van der Waals surface area contributed by atoms with Gasteiger partial charge in [-0.15, -0.1) is 0 Å². The molecular weight excluding hydrogens is 256 g/mol. The molecule has 0 radical (unpaired) electrons. The van der Waals surface area contributed by atoms with Gasteiger partial charge in [0.2, 0.25) is 0 Å². The number of anilines is 2. The van der Waals surface area contributed by atoms with Gasteiger partial charge in [0.25, 0.3) is 0 Å². The van der Waals surface area contributed by atoms with Crippen molar-refractivity contribution in [3.05, 3.63) is 48.8 Å². The van der Waals surface area contributed by atoms with Crippen molar-refractivity contribution in [2.75, 3.05) is 17.7 Å². The first-order valence-corrected chi connectivity index (χ1v) is 6.06. The van der Waals surface area contributed by atoms with Gasteiger partial charge in [-0.1, -0.05) is 12.6 Å². The van der Waals surface area contributed by atoms with Gasteiger partial charge in [0.15, 0.2) is 0 Å². The standard InChI is InChI=1S/C14H16N4O2/c1-3-18-10-11(9-16-18)8-15-12-5-4-6-13(7-12)17-14(19)20-2/h3-7,9-10,15H,1,8H2,2H3,(H,17,19). The number of nitrogens with zero attached hydrogens (tertiary/aromatic N) is 2. The number of hydrogen-bond acceptors (Lipinski definition) is 4. The van der Waals surface area contributed by atoms with E-state index in [2.05, 4.69) is 27.0 Å². The molecule has 2 aromatic rings. The number of nitrogens with one attached hydrogen (secondary N) is 2. The van der Waals surface area contributed by atoms with Gasteiger partial charge in [-0.2, -0.15) is 5.10 Å². The molecule has 2 rings (SSSR count). The largest absolute Gasteiger partial charge is 0.453 e. The molecule has 1 amide bonds. The summed E-state index contributed by atoms with van der Waals surface area (Å²) in [6.07, 6.45) is 4.79. The molecular formula is C14H16N4O2. The number of rotatable bonds is 5. The van der Waals surface area contributed by atoms with Crippen LogP contribution < -0.4 is 10.6 Å². The second kappa shape index (κ2) is 6.42. The minimum absolute atomic E-state index is 0.491. The van der Waals surface area contributed by atoms with Crippen LogP contribution in [-0.4, -0.2) is 23.0 Å². The van der Waals surface area contributed by atoms with Crippen LogP contribution in [0.15, 0.2) is 43.2 Å². The highest BCUT2D eigenvalue weighted by molar-refractivity contribution is 5.85. The molecule has 1 aromatic carbocycles. The Balaban J connectivity index is 1.97. The molecule has 0 spiro atoms. The predicted molar refractivity (Wildman–Crippen MR) is 78.4 cm³/mol. The van der Waals surface area contributed by atoms with Gasteiger partial charge in [0.05, 0.1) is 13.3 Å². The van der Waals surface area contributed by atoms with Crippen molar-refractivity contribution in [1.29, 1.82) is 0 Å². The fourth-order valence-electron chi connectivity index (χ4n) is 1.65. The highest BCUT2D eigenvalue weighted by atomic mass is 16.5. The number of methoxy groups -OCH3 is 1. The predicted octanol–water partition coefficient (Wildman–Crippen LogP) is 2.77. The lowest BCUT2D eigenvalue weighted by atomic mass is 10.2. The Hall–Kier alpha value is -2.76. The number of carbonyl (C=O) groups is 1. The van der Waals surface area contributed by atoms with Crippen molar-refractivity contribution >= 4 is 23.7 Å². The minimum atomic E-state index is -0.491. The zero-order chi connectivity index (χ0) is 14.4. The summed E-state index contributed by atoms with van der Waals surface area (Å²) >= 11 is 0. The Morgan fingerprint density at radius 1 is 1.50 bits per heavy atom. The summed E-state index contributed by atoms with van der Waals surface area (Å²) in [4.78, 5) is 11.1. The number of amides is 1. The fraction of sp³-hybridized carbons (Fsp3) is 0.143. The number of benzene rings is 1. The van der Waals surface area contributed by atoms with E-state index >= 15 is 0 Å². The molecule has 0 unspecified atom stereocenters. The molecule has 0 fully saturated rings. The normalized spacial score (nSPS) is 9.85. The van der Waals surface area contributed by atoms with Crippen LogP contribution in [0, 0.1) is 0 Å². The molecule has 0 saturated carbocycles. The van der Waals surface area contributed by atoms with Crippen LogP contribution >= 0.6 is 0 Å². The quantitative estimate of drug-likeness (QED) is 0.878. The van der Waals surface area contributed by atoms with Crippen molar-refractivity contribution in [3.8, 4) is 0 Å². The van der Waals surface area contributed by atoms with Crippen molar-refractivity contribution in [2.24, 2.45) is 0 Å². The molecule has 0 aliphatic carbocycles. The minimum Gasteiger partial charge on any atom is -0.453 e. The van der Waals surface area contributed by atoms with Gasteiger partial charge in [-0.25, -0.2) is 9.48 Å². The first kappa shape index (κ1) is 13.7. The van der Waals surface area contributed by atoms with E-state index in [4.69, 9.17) is 0 Å². The van der Waals surface area contributed by atoms with Gasteiger partial charge in [-0.05, 0) is 18.2 Å². The van der Waals surface area contributed by atoms with Gasteiger partial charge < -0.3 is 10.1 Å². The maximum absolute atomic E-state index is 11.1. The molecule has 0 atom stereocenters. The topological polar surface area (TPSA) is 68.2 Å². The van der Waals surface area contributed by atoms with Gasteiger partial charge in [0.1, 0.15) is 0 Å². The second-order valence-electron chi connectivity index (χ2n) is 4.06. The summed E-state index contributed by atoms with van der Waals surface area (Å²) in [5, 5.41) is 9.96. The highest BCUT2D eigenvalue weighted by Gasteiger charge is 2.02. The third-order valence-electron chi connectivity index (χ3n) is 2.63. The van der Waals surface area contributed by atoms with E-state index in [1.165, 1.54) is 7.11 Å². The highest BCUT2D eigenvalue weighted by Crippen LogP contribution is 2.16. The van der Waals surface area contributed by atoms with E-state index in [-0.39, 0.29) is 0 Å². The van der Waals surface area contributed by atoms with Crippen LogP contribution in [0.25, 0.3) is 6.20 Å². The summed E-state index contributed by atoms with van der Waals surface area (Å²) in [7, 11) is 1.33. The van der Waals surface area contributed by atoms with Gasteiger partial charge in [-0.3, -0.25) is 5.32 Å². The molecule has 20 heavy (non-hydrogen) atoms. The van der Waals surface area contributed by atoms with Crippen LogP contribution in [0.4, 0.5) is 16.2 Å². The number of hydrogen-bond donors (Lipinski definition) is 2. The average Bonchev–Trinajstić information content (AvgIpc) is 2.93. The molecule has 104 valence electrons. The van der Waals surface area contributed by atoms with E-state index < -0.39 is 6.09 Å².